The van der Waals surface area contributed by atoms with Gasteiger partial charge in [0.25, 0.3) is 5.54 Å². The molecule has 154 valence electrons. The van der Waals surface area contributed by atoms with Gasteiger partial charge in [-0.1, -0.05) is 42.8 Å². The molecular weight excluding hydrogens is 428 g/mol. The number of halogens is 1. The van der Waals surface area contributed by atoms with E-state index < -0.39 is 0 Å². The van der Waals surface area contributed by atoms with Crippen molar-refractivity contribution in [1.29, 1.82) is 0 Å². The summed E-state index contributed by atoms with van der Waals surface area (Å²) in [5, 5.41) is 8.42. The molecule has 1 aliphatic rings. The van der Waals surface area contributed by atoms with Crippen LogP contribution in [0.4, 0.5) is 0 Å². The third kappa shape index (κ3) is 3.46. The lowest BCUT2D eigenvalue weighted by Gasteiger charge is -2.11. The zero-order valence-corrected chi connectivity index (χ0v) is 18.7. The lowest BCUT2D eigenvalue weighted by atomic mass is 10.0. The highest BCUT2D eigenvalue weighted by molar-refractivity contribution is 7.99. The van der Waals surface area contributed by atoms with Crippen LogP contribution in [0.15, 0.2) is 47.5 Å². The fraction of sp³-hybridized carbons (Fsp3) is 0.261. The van der Waals surface area contributed by atoms with E-state index in [1.165, 1.54) is 0 Å². The molecule has 6 nitrogen and oxygen atoms in total. The SMILES string of the molecule is [C-]#[N+]C1(c2ccc(-c3cnc(-c4nc5cc(Cl)nnc5n4C)c(SCC)c3)cc2)CC1. The summed E-state index contributed by atoms with van der Waals surface area (Å²) in [6.45, 7) is 9.58. The molecule has 0 N–H and O–H groups in total. The predicted octanol–water partition coefficient (Wildman–Crippen LogP) is 5.77. The lowest BCUT2D eigenvalue weighted by Crippen LogP contribution is -2.00. The Morgan fingerprint density at radius 1 is 1.16 bits per heavy atom. The molecule has 0 spiro atoms. The summed E-state index contributed by atoms with van der Waals surface area (Å²) < 4.78 is 1.90. The van der Waals surface area contributed by atoms with Crippen LogP contribution in [0.3, 0.4) is 0 Å². The van der Waals surface area contributed by atoms with E-state index in [-0.39, 0.29) is 5.54 Å². The fourth-order valence-corrected chi connectivity index (χ4v) is 4.71. The Bertz CT molecular complexity index is 1330. The van der Waals surface area contributed by atoms with E-state index in [0.717, 1.165) is 51.7 Å². The van der Waals surface area contributed by atoms with E-state index in [9.17, 15) is 0 Å². The second kappa shape index (κ2) is 7.63. The second-order valence-electron chi connectivity index (χ2n) is 7.59. The predicted molar refractivity (Wildman–Crippen MR) is 124 cm³/mol. The van der Waals surface area contributed by atoms with Crippen LogP contribution < -0.4 is 0 Å². The molecule has 1 saturated carbocycles. The monoisotopic (exact) mass is 446 g/mol. The van der Waals surface area contributed by atoms with Crippen molar-refractivity contribution in [3.05, 3.63) is 64.7 Å². The summed E-state index contributed by atoms with van der Waals surface area (Å²) in [6.07, 6.45) is 3.79. The maximum Gasteiger partial charge on any atom is 0.258 e. The molecule has 8 heteroatoms. The lowest BCUT2D eigenvalue weighted by molar-refractivity contribution is 0.885. The van der Waals surface area contributed by atoms with Crippen molar-refractivity contribution in [2.45, 2.75) is 30.2 Å². The Hall–Kier alpha value is -2.95. The van der Waals surface area contributed by atoms with Gasteiger partial charge in [-0.25, -0.2) is 11.6 Å². The molecule has 0 bridgehead atoms. The summed E-state index contributed by atoms with van der Waals surface area (Å²) in [6, 6.07) is 12.2. The van der Waals surface area contributed by atoms with Gasteiger partial charge in [-0.2, -0.15) is 0 Å². The molecule has 1 fully saturated rings. The first kappa shape index (κ1) is 20.0. The molecule has 0 unspecified atom stereocenters. The molecule has 31 heavy (non-hydrogen) atoms. The summed E-state index contributed by atoms with van der Waals surface area (Å²) >= 11 is 7.72. The average Bonchev–Trinajstić information content (AvgIpc) is 3.53. The van der Waals surface area contributed by atoms with E-state index in [4.69, 9.17) is 28.1 Å². The van der Waals surface area contributed by atoms with E-state index >= 15 is 0 Å². The van der Waals surface area contributed by atoms with Gasteiger partial charge >= 0.3 is 0 Å². The number of pyridine rings is 1. The minimum atomic E-state index is -0.282. The molecular formula is C23H19ClN6S. The topological polar surface area (TPSA) is 60.9 Å². The van der Waals surface area contributed by atoms with Crippen molar-refractivity contribution in [3.63, 3.8) is 0 Å². The van der Waals surface area contributed by atoms with E-state index in [1.54, 1.807) is 17.8 Å². The highest BCUT2D eigenvalue weighted by Crippen LogP contribution is 2.49. The number of benzene rings is 1. The molecule has 4 aromatic rings. The molecule has 3 heterocycles. The van der Waals surface area contributed by atoms with Crippen LogP contribution in [-0.2, 0) is 12.6 Å². The molecule has 0 amide bonds. The Morgan fingerprint density at radius 2 is 1.94 bits per heavy atom. The second-order valence-corrected chi connectivity index (χ2v) is 9.29. The van der Waals surface area contributed by atoms with Crippen LogP contribution in [0.2, 0.25) is 5.15 Å². The Morgan fingerprint density at radius 3 is 2.61 bits per heavy atom. The number of aryl methyl sites for hydroxylation is 1. The number of aromatic nitrogens is 5. The van der Waals surface area contributed by atoms with Gasteiger partial charge in [-0.3, -0.25) is 4.98 Å². The van der Waals surface area contributed by atoms with Crippen molar-refractivity contribution in [2.75, 3.05) is 5.75 Å². The first-order chi connectivity index (χ1) is 15.0. The summed E-state index contributed by atoms with van der Waals surface area (Å²) in [7, 11) is 1.91. The van der Waals surface area contributed by atoms with Gasteiger partial charge < -0.3 is 9.41 Å². The smallest absolute Gasteiger partial charge is 0.258 e. The van der Waals surface area contributed by atoms with Crippen molar-refractivity contribution < 1.29 is 0 Å². The first-order valence-corrected chi connectivity index (χ1v) is 11.4. The normalized spacial score (nSPS) is 14.5. The number of thioether (sulfide) groups is 1. The van der Waals surface area contributed by atoms with Crippen molar-refractivity contribution in [2.24, 2.45) is 7.05 Å². The highest BCUT2D eigenvalue weighted by Gasteiger charge is 2.52. The van der Waals surface area contributed by atoms with Crippen LogP contribution in [0.25, 0.3) is 38.7 Å². The molecule has 1 aliphatic carbocycles. The van der Waals surface area contributed by atoms with Gasteiger partial charge in [0.2, 0.25) is 0 Å². The number of hydrogen-bond acceptors (Lipinski definition) is 5. The molecule has 3 aromatic heterocycles. The largest absolute Gasteiger partial charge is 0.309 e. The number of imidazole rings is 1. The standard InChI is InChI=1S/C23H19ClN6S/c1-4-31-18-11-15(14-5-7-16(8-6-14)23(25-2)9-10-23)13-26-20(18)22-27-17-12-19(24)28-29-21(17)30(22)3/h5-8,11-13H,4,9-10H2,1,3H3. The summed E-state index contributed by atoms with van der Waals surface area (Å²) in [5.74, 6) is 1.65. The van der Waals surface area contributed by atoms with Crippen LogP contribution in [0, 0.1) is 6.57 Å². The Balaban J connectivity index is 1.55. The van der Waals surface area contributed by atoms with Crippen molar-refractivity contribution in [3.8, 4) is 22.6 Å². The van der Waals surface area contributed by atoms with Gasteiger partial charge in [0.05, 0.1) is 0 Å². The van der Waals surface area contributed by atoms with E-state index in [1.807, 2.05) is 17.8 Å². The van der Waals surface area contributed by atoms with Gasteiger partial charge in [0, 0.05) is 48.2 Å². The molecule has 0 radical (unpaired) electrons. The maximum atomic E-state index is 7.46. The number of hydrogen-bond donors (Lipinski definition) is 0. The van der Waals surface area contributed by atoms with Crippen LogP contribution in [0.1, 0.15) is 25.3 Å². The van der Waals surface area contributed by atoms with E-state index in [2.05, 4.69) is 52.3 Å². The third-order valence-corrected chi connectivity index (χ3v) is 6.74. The minimum Gasteiger partial charge on any atom is -0.309 e. The summed E-state index contributed by atoms with van der Waals surface area (Å²) in [4.78, 5) is 14.4. The average molecular weight is 447 g/mol. The van der Waals surface area contributed by atoms with Gasteiger partial charge in [-0.15, -0.1) is 22.0 Å². The number of fused-ring (bicyclic) bond motifs is 1. The van der Waals surface area contributed by atoms with Crippen LogP contribution >= 0.6 is 23.4 Å². The van der Waals surface area contributed by atoms with Gasteiger partial charge in [0.15, 0.2) is 16.6 Å². The quantitative estimate of drug-likeness (QED) is 0.288. The van der Waals surface area contributed by atoms with Crippen molar-refractivity contribution in [1.82, 2.24) is 24.7 Å². The highest BCUT2D eigenvalue weighted by atomic mass is 35.5. The molecule has 0 aliphatic heterocycles. The van der Waals surface area contributed by atoms with Gasteiger partial charge in [-0.05, 0) is 17.4 Å². The van der Waals surface area contributed by atoms with Crippen LogP contribution in [-0.4, -0.2) is 30.5 Å². The van der Waals surface area contributed by atoms with E-state index in [0.29, 0.717) is 16.3 Å². The number of nitrogens with zero attached hydrogens (tertiary/aromatic N) is 6. The molecule has 1 aromatic carbocycles. The third-order valence-electron chi connectivity index (χ3n) is 5.64. The number of rotatable bonds is 5. The molecule has 0 saturated heterocycles. The Kier molecular flexibility index (Phi) is 4.92. The summed E-state index contributed by atoms with van der Waals surface area (Å²) in [5.41, 5.74) is 5.13. The van der Waals surface area contributed by atoms with Crippen molar-refractivity contribution >= 4 is 34.5 Å². The Labute approximate surface area is 189 Å². The molecule has 0 atom stereocenters. The van der Waals surface area contributed by atoms with Gasteiger partial charge in [0.1, 0.15) is 11.2 Å². The zero-order valence-electron chi connectivity index (χ0n) is 17.1. The maximum absolute atomic E-state index is 7.46. The minimum absolute atomic E-state index is 0.282. The zero-order chi connectivity index (χ0) is 21.6. The first-order valence-electron chi connectivity index (χ1n) is 10.0. The molecule has 5 rings (SSSR count). The van der Waals surface area contributed by atoms with Crippen LogP contribution in [0.5, 0.6) is 0 Å². The fourth-order valence-electron chi connectivity index (χ4n) is 3.77.